The van der Waals surface area contributed by atoms with Crippen molar-refractivity contribution in [3.8, 4) is 0 Å². The van der Waals surface area contributed by atoms with Gasteiger partial charge in [0.1, 0.15) is 7.14 Å². The summed E-state index contributed by atoms with van der Waals surface area (Å²) in [5, 5.41) is 2.18. The Labute approximate surface area is 68.6 Å². The Hall–Kier alpha value is -0.290. The second kappa shape index (κ2) is 2.35. The molecule has 0 aromatic rings. The quantitative estimate of drug-likeness (QED) is 0.508. The van der Waals surface area contributed by atoms with Gasteiger partial charge in [-0.05, 0) is 56.1 Å². The molecule has 0 saturated carbocycles. The van der Waals surface area contributed by atoms with Gasteiger partial charge >= 0.3 is 0 Å². The molecule has 0 radical (unpaired) electrons. The van der Waals surface area contributed by atoms with Crippen LogP contribution in [0.1, 0.15) is 27.7 Å². The minimum atomic E-state index is -2.08. The van der Waals surface area contributed by atoms with Crippen LogP contribution in [0, 0.1) is 0 Å². The van der Waals surface area contributed by atoms with Gasteiger partial charge in [0.2, 0.25) is 0 Å². The number of allylic oxidation sites excluding steroid dienone is 4. The SMILES string of the molecule is CC1=C(C)P(C)(=O)C(C)=C1C. The number of rotatable bonds is 0. The van der Waals surface area contributed by atoms with Crippen LogP contribution in [-0.4, -0.2) is 6.66 Å². The van der Waals surface area contributed by atoms with Gasteiger partial charge in [-0.1, -0.05) is 0 Å². The molecule has 1 aliphatic rings. The maximum atomic E-state index is 12.0. The van der Waals surface area contributed by atoms with Gasteiger partial charge in [-0.15, -0.1) is 0 Å². The molecule has 0 atom stereocenters. The molecule has 0 fully saturated rings. The van der Waals surface area contributed by atoms with Crippen molar-refractivity contribution < 1.29 is 4.57 Å². The van der Waals surface area contributed by atoms with Gasteiger partial charge in [-0.25, -0.2) is 0 Å². The molecule has 0 aliphatic carbocycles. The monoisotopic (exact) mass is 170 g/mol. The lowest BCUT2D eigenvalue weighted by Gasteiger charge is -2.08. The van der Waals surface area contributed by atoms with Crippen LogP contribution in [0.25, 0.3) is 0 Å². The molecule has 0 bridgehead atoms. The van der Waals surface area contributed by atoms with Gasteiger partial charge in [0.25, 0.3) is 0 Å². The van der Waals surface area contributed by atoms with Gasteiger partial charge in [0.15, 0.2) is 0 Å². The maximum absolute atomic E-state index is 12.0. The van der Waals surface area contributed by atoms with Crippen LogP contribution < -0.4 is 0 Å². The lowest BCUT2D eigenvalue weighted by Crippen LogP contribution is -1.76. The summed E-state index contributed by atoms with van der Waals surface area (Å²) in [6.45, 7) is 9.93. The first-order valence-electron chi connectivity index (χ1n) is 3.83. The Morgan fingerprint density at radius 2 is 1.18 bits per heavy atom. The van der Waals surface area contributed by atoms with Gasteiger partial charge in [-0.2, -0.15) is 0 Å². The van der Waals surface area contributed by atoms with E-state index in [2.05, 4.69) is 13.8 Å². The van der Waals surface area contributed by atoms with E-state index >= 15 is 0 Å². The number of hydrogen-bond acceptors (Lipinski definition) is 1. The van der Waals surface area contributed by atoms with Crippen LogP contribution in [0.15, 0.2) is 21.8 Å². The van der Waals surface area contributed by atoms with Crippen molar-refractivity contribution in [3.63, 3.8) is 0 Å². The summed E-state index contributed by atoms with van der Waals surface area (Å²) in [4.78, 5) is 0. The van der Waals surface area contributed by atoms with E-state index in [1.165, 1.54) is 11.1 Å². The highest BCUT2D eigenvalue weighted by molar-refractivity contribution is 7.71. The van der Waals surface area contributed by atoms with Crippen molar-refractivity contribution in [3.05, 3.63) is 21.8 Å². The zero-order chi connectivity index (χ0) is 8.81. The van der Waals surface area contributed by atoms with Crippen LogP contribution in [0.5, 0.6) is 0 Å². The van der Waals surface area contributed by atoms with Crippen molar-refractivity contribution in [1.82, 2.24) is 0 Å². The van der Waals surface area contributed by atoms with Crippen molar-refractivity contribution in [2.75, 3.05) is 6.66 Å². The van der Waals surface area contributed by atoms with E-state index in [0.717, 1.165) is 10.6 Å². The molecular formula is C9H15OP. The van der Waals surface area contributed by atoms with Crippen molar-refractivity contribution in [2.45, 2.75) is 27.7 Å². The minimum Gasteiger partial charge on any atom is -0.315 e. The largest absolute Gasteiger partial charge is 0.315 e. The standard InChI is InChI=1S/C9H15OP/c1-6-7(2)9(4)11(5,10)8(6)3/h1-5H3. The van der Waals surface area contributed by atoms with E-state index in [1.54, 1.807) is 0 Å². The van der Waals surface area contributed by atoms with Crippen LogP contribution in [-0.2, 0) is 4.57 Å². The van der Waals surface area contributed by atoms with Crippen molar-refractivity contribution >= 4 is 7.14 Å². The van der Waals surface area contributed by atoms with Crippen molar-refractivity contribution in [2.24, 2.45) is 0 Å². The summed E-state index contributed by atoms with van der Waals surface area (Å²) in [6, 6.07) is 0. The lowest BCUT2D eigenvalue weighted by molar-refractivity contribution is 0.586. The molecule has 0 saturated heterocycles. The lowest BCUT2D eigenvalue weighted by atomic mass is 10.1. The van der Waals surface area contributed by atoms with Crippen LogP contribution >= 0.6 is 7.14 Å². The maximum Gasteiger partial charge on any atom is 0.132 e. The highest BCUT2D eigenvalue weighted by atomic mass is 31.2. The first-order chi connectivity index (χ1) is 4.89. The molecular weight excluding hydrogens is 155 g/mol. The summed E-state index contributed by atoms with van der Waals surface area (Å²) in [7, 11) is -2.08. The number of hydrogen-bond donors (Lipinski definition) is 0. The van der Waals surface area contributed by atoms with Gasteiger partial charge in [-0.3, -0.25) is 0 Å². The normalized spacial score (nSPS) is 23.4. The Morgan fingerprint density at radius 3 is 1.27 bits per heavy atom. The second-order valence-electron chi connectivity index (χ2n) is 3.34. The second-order valence-corrected chi connectivity index (χ2v) is 6.53. The molecule has 0 N–H and O–H groups in total. The van der Waals surface area contributed by atoms with Crippen molar-refractivity contribution in [1.29, 1.82) is 0 Å². The summed E-state index contributed by atoms with van der Waals surface area (Å²) in [6.07, 6.45) is 0. The molecule has 1 rings (SSSR count). The summed E-state index contributed by atoms with van der Waals surface area (Å²) < 4.78 is 12.0. The topological polar surface area (TPSA) is 17.1 Å². The first-order valence-corrected chi connectivity index (χ1v) is 5.98. The fourth-order valence-electron chi connectivity index (χ4n) is 1.43. The zero-order valence-corrected chi connectivity index (χ0v) is 8.75. The molecule has 1 aliphatic heterocycles. The Balaban J connectivity index is 3.39. The highest BCUT2D eigenvalue weighted by Gasteiger charge is 2.29. The average molecular weight is 170 g/mol. The third kappa shape index (κ3) is 1.03. The average Bonchev–Trinajstić information content (AvgIpc) is 2.06. The fraction of sp³-hybridized carbons (Fsp3) is 0.556. The Bertz CT molecular complexity index is 280. The third-order valence-electron chi connectivity index (χ3n) is 2.93. The predicted molar refractivity (Wildman–Crippen MR) is 50.3 cm³/mol. The Kier molecular flexibility index (Phi) is 1.88. The Morgan fingerprint density at radius 1 is 0.909 bits per heavy atom. The fourth-order valence-corrected chi connectivity index (χ4v) is 3.55. The summed E-state index contributed by atoms with van der Waals surface area (Å²) >= 11 is 0. The molecule has 11 heavy (non-hydrogen) atoms. The van der Waals surface area contributed by atoms with Gasteiger partial charge in [0, 0.05) is 0 Å². The molecule has 2 heteroatoms. The minimum absolute atomic E-state index is 1.09. The third-order valence-corrected chi connectivity index (χ3v) is 6.16. The molecule has 0 spiro atoms. The van der Waals surface area contributed by atoms with E-state index in [-0.39, 0.29) is 0 Å². The molecule has 0 aromatic carbocycles. The van der Waals surface area contributed by atoms with Gasteiger partial charge in [0.05, 0.1) is 0 Å². The summed E-state index contributed by atoms with van der Waals surface area (Å²) in [5.41, 5.74) is 2.46. The van der Waals surface area contributed by atoms with Crippen LogP contribution in [0.2, 0.25) is 0 Å². The molecule has 1 nitrogen and oxygen atoms in total. The molecule has 0 aromatic heterocycles. The predicted octanol–water partition coefficient (Wildman–Crippen LogP) is 3.58. The van der Waals surface area contributed by atoms with Crippen LogP contribution in [0.3, 0.4) is 0 Å². The highest BCUT2D eigenvalue weighted by Crippen LogP contribution is 2.64. The van der Waals surface area contributed by atoms with Gasteiger partial charge < -0.3 is 4.57 Å². The van der Waals surface area contributed by atoms with E-state index in [1.807, 2.05) is 20.5 Å². The zero-order valence-electron chi connectivity index (χ0n) is 7.86. The summed E-state index contributed by atoms with van der Waals surface area (Å²) in [5.74, 6) is 0. The molecule has 0 amide bonds. The molecule has 0 unspecified atom stereocenters. The van der Waals surface area contributed by atoms with E-state index < -0.39 is 7.14 Å². The van der Waals surface area contributed by atoms with Crippen LogP contribution in [0.4, 0.5) is 0 Å². The van der Waals surface area contributed by atoms with E-state index in [0.29, 0.717) is 0 Å². The van der Waals surface area contributed by atoms with E-state index in [9.17, 15) is 4.57 Å². The molecule has 62 valence electrons. The smallest absolute Gasteiger partial charge is 0.132 e. The first kappa shape index (κ1) is 8.80. The molecule has 1 heterocycles. The van der Waals surface area contributed by atoms with E-state index in [4.69, 9.17) is 0 Å².